The van der Waals surface area contributed by atoms with Gasteiger partial charge in [0.25, 0.3) is 0 Å². The van der Waals surface area contributed by atoms with Gasteiger partial charge in [0.2, 0.25) is 11.8 Å². The van der Waals surface area contributed by atoms with Gasteiger partial charge in [0.15, 0.2) is 0 Å². The van der Waals surface area contributed by atoms with Crippen LogP contribution in [-0.4, -0.2) is 35.1 Å². The Morgan fingerprint density at radius 3 is 2.29 bits per heavy atom. The van der Waals surface area contributed by atoms with Gasteiger partial charge < -0.3 is 16.2 Å². The van der Waals surface area contributed by atoms with Gasteiger partial charge in [-0.05, 0) is 12.8 Å². The van der Waals surface area contributed by atoms with Crippen molar-refractivity contribution in [1.82, 2.24) is 5.32 Å². The highest BCUT2D eigenvalue weighted by Crippen LogP contribution is 2.41. The predicted octanol–water partition coefficient (Wildman–Crippen LogP) is 0.800. The van der Waals surface area contributed by atoms with Crippen LogP contribution in [0.2, 0.25) is 0 Å². The lowest BCUT2D eigenvalue weighted by atomic mass is 9.78. The summed E-state index contributed by atoms with van der Waals surface area (Å²) in [4.78, 5) is 33.5. The van der Waals surface area contributed by atoms with E-state index in [9.17, 15) is 27.6 Å². The van der Waals surface area contributed by atoms with E-state index in [-0.39, 0.29) is 12.8 Å². The lowest BCUT2D eigenvalue weighted by Crippen LogP contribution is -2.49. The van der Waals surface area contributed by atoms with Crippen molar-refractivity contribution in [2.24, 2.45) is 17.6 Å². The van der Waals surface area contributed by atoms with Crippen molar-refractivity contribution in [3.8, 4) is 0 Å². The predicted molar refractivity (Wildman–Crippen MR) is 64.9 cm³/mol. The molecule has 3 unspecified atom stereocenters. The van der Waals surface area contributed by atoms with Crippen molar-refractivity contribution in [3.63, 3.8) is 0 Å². The maximum Gasteiger partial charge on any atom is 0.392 e. The highest BCUT2D eigenvalue weighted by molar-refractivity contribution is 5.89. The largest absolute Gasteiger partial charge is 0.480 e. The van der Waals surface area contributed by atoms with Gasteiger partial charge in [-0.25, -0.2) is 4.79 Å². The van der Waals surface area contributed by atoms with Gasteiger partial charge in [0.05, 0.1) is 12.3 Å². The Hall–Kier alpha value is -1.80. The number of rotatable bonds is 5. The number of alkyl halides is 3. The van der Waals surface area contributed by atoms with Gasteiger partial charge in [-0.1, -0.05) is 12.8 Å². The Morgan fingerprint density at radius 2 is 1.81 bits per heavy atom. The molecule has 0 bridgehead atoms. The molecule has 1 saturated carbocycles. The second-order valence-corrected chi connectivity index (χ2v) is 5.11. The summed E-state index contributed by atoms with van der Waals surface area (Å²) in [6.07, 6.45) is -4.45. The number of carboxylic acids is 1. The second kappa shape index (κ2) is 6.77. The minimum atomic E-state index is -4.51. The molecule has 6 nitrogen and oxygen atoms in total. The third-order valence-electron chi connectivity index (χ3n) is 3.54. The molecule has 0 aromatic heterocycles. The Kier molecular flexibility index (Phi) is 5.56. The number of carboxylic acid groups (broad SMARTS) is 1. The van der Waals surface area contributed by atoms with Crippen LogP contribution >= 0.6 is 0 Å². The molecule has 0 radical (unpaired) electrons. The van der Waals surface area contributed by atoms with Crippen molar-refractivity contribution in [2.75, 3.05) is 0 Å². The van der Waals surface area contributed by atoms with Crippen LogP contribution in [0.5, 0.6) is 0 Å². The molecular formula is C12H17F3N2O4. The summed E-state index contributed by atoms with van der Waals surface area (Å²) < 4.78 is 38.7. The summed E-state index contributed by atoms with van der Waals surface area (Å²) in [5, 5.41) is 10.8. The molecular weight excluding hydrogens is 293 g/mol. The molecule has 120 valence electrons. The van der Waals surface area contributed by atoms with E-state index in [4.69, 9.17) is 10.8 Å². The quantitative estimate of drug-likeness (QED) is 0.697. The second-order valence-electron chi connectivity index (χ2n) is 5.11. The standard InChI is InChI=1S/C12H17F3N2O4/c13-12(14,15)7-4-2-1-3-6(7)10(19)17-8(11(20)21)5-9(16)18/h6-8H,1-5H2,(H2,16,18)(H,17,19)(H,20,21). The first-order valence-electron chi connectivity index (χ1n) is 6.51. The summed E-state index contributed by atoms with van der Waals surface area (Å²) in [5.41, 5.74) is 4.85. The Morgan fingerprint density at radius 1 is 1.24 bits per heavy atom. The maximum absolute atomic E-state index is 12.9. The van der Waals surface area contributed by atoms with Crippen molar-refractivity contribution in [2.45, 2.75) is 44.3 Å². The van der Waals surface area contributed by atoms with Gasteiger partial charge in [0, 0.05) is 5.92 Å². The van der Waals surface area contributed by atoms with Crippen LogP contribution < -0.4 is 11.1 Å². The molecule has 0 aromatic carbocycles. The molecule has 21 heavy (non-hydrogen) atoms. The zero-order valence-corrected chi connectivity index (χ0v) is 11.2. The number of amides is 2. The summed E-state index contributed by atoms with van der Waals surface area (Å²) in [7, 11) is 0. The molecule has 2 amide bonds. The van der Waals surface area contributed by atoms with Crippen LogP contribution in [0.3, 0.4) is 0 Å². The van der Waals surface area contributed by atoms with E-state index in [1.807, 2.05) is 5.32 Å². The van der Waals surface area contributed by atoms with Gasteiger partial charge in [-0.3, -0.25) is 9.59 Å². The Bertz CT molecular complexity index is 425. The van der Waals surface area contributed by atoms with E-state index in [2.05, 4.69) is 0 Å². The summed E-state index contributed by atoms with van der Waals surface area (Å²) >= 11 is 0. The van der Waals surface area contributed by atoms with Crippen molar-refractivity contribution in [3.05, 3.63) is 0 Å². The number of hydrogen-bond acceptors (Lipinski definition) is 3. The van der Waals surface area contributed by atoms with Crippen molar-refractivity contribution in [1.29, 1.82) is 0 Å². The zero-order chi connectivity index (χ0) is 16.2. The molecule has 0 aliphatic heterocycles. The molecule has 0 heterocycles. The minimum Gasteiger partial charge on any atom is -0.480 e. The number of nitrogens with one attached hydrogen (secondary N) is 1. The molecule has 1 aliphatic carbocycles. The summed E-state index contributed by atoms with van der Waals surface area (Å²) in [5.74, 6) is -6.58. The average Bonchev–Trinajstić information content (AvgIpc) is 2.36. The molecule has 9 heteroatoms. The first-order chi connectivity index (χ1) is 9.62. The molecule has 0 saturated heterocycles. The SMILES string of the molecule is NC(=O)CC(NC(=O)C1CCCCC1C(F)(F)F)C(=O)O. The zero-order valence-electron chi connectivity index (χ0n) is 11.2. The Labute approximate surface area is 118 Å². The van der Waals surface area contributed by atoms with Crippen LogP contribution in [0.25, 0.3) is 0 Å². The van der Waals surface area contributed by atoms with Gasteiger partial charge >= 0.3 is 12.1 Å². The lowest BCUT2D eigenvalue weighted by Gasteiger charge is -2.32. The number of carbonyl (C=O) groups excluding carboxylic acids is 2. The third-order valence-corrected chi connectivity index (χ3v) is 3.54. The average molecular weight is 310 g/mol. The molecule has 3 atom stereocenters. The smallest absolute Gasteiger partial charge is 0.392 e. The van der Waals surface area contributed by atoms with Crippen LogP contribution in [-0.2, 0) is 14.4 Å². The monoisotopic (exact) mass is 310 g/mol. The van der Waals surface area contributed by atoms with Crippen LogP contribution in [0, 0.1) is 11.8 Å². The van der Waals surface area contributed by atoms with Crippen molar-refractivity contribution < 1.29 is 32.7 Å². The van der Waals surface area contributed by atoms with E-state index >= 15 is 0 Å². The minimum absolute atomic E-state index is 0.0406. The van der Waals surface area contributed by atoms with Crippen LogP contribution in [0.15, 0.2) is 0 Å². The molecule has 1 rings (SSSR count). The van der Waals surface area contributed by atoms with E-state index < -0.39 is 48.3 Å². The Balaban J connectivity index is 2.79. The van der Waals surface area contributed by atoms with Crippen LogP contribution in [0.1, 0.15) is 32.1 Å². The summed E-state index contributed by atoms with van der Waals surface area (Å²) in [6, 6.07) is -1.61. The highest BCUT2D eigenvalue weighted by atomic mass is 19.4. The van der Waals surface area contributed by atoms with Gasteiger partial charge in [-0.2, -0.15) is 13.2 Å². The fourth-order valence-corrected chi connectivity index (χ4v) is 2.52. The topological polar surface area (TPSA) is 109 Å². The van der Waals surface area contributed by atoms with Gasteiger partial charge in [0.1, 0.15) is 6.04 Å². The molecule has 0 spiro atoms. The number of aliphatic carboxylic acids is 1. The van der Waals surface area contributed by atoms with E-state index in [1.54, 1.807) is 0 Å². The third kappa shape index (κ3) is 4.91. The fourth-order valence-electron chi connectivity index (χ4n) is 2.52. The number of primary amides is 1. The molecule has 4 N–H and O–H groups in total. The van der Waals surface area contributed by atoms with Crippen molar-refractivity contribution >= 4 is 17.8 Å². The number of halogens is 3. The molecule has 1 fully saturated rings. The highest BCUT2D eigenvalue weighted by Gasteiger charge is 2.48. The van der Waals surface area contributed by atoms with E-state index in [0.717, 1.165) is 0 Å². The fraction of sp³-hybridized carbons (Fsp3) is 0.750. The number of hydrogen-bond donors (Lipinski definition) is 3. The first kappa shape index (κ1) is 17.3. The lowest BCUT2D eigenvalue weighted by molar-refractivity contribution is -0.198. The number of nitrogens with two attached hydrogens (primary N) is 1. The van der Waals surface area contributed by atoms with Crippen LogP contribution in [0.4, 0.5) is 13.2 Å². The van der Waals surface area contributed by atoms with E-state index in [1.165, 1.54) is 0 Å². The summed E-state index contributed by atoms with van der Waals surface area (Å²) in [6.45, 7) is 0. The molecule has 1 aliphatic rings. The van der Waals surface area contributed by atoms with E-state index in [0.29, 0.717) is 12.8 Å². The number of carbonyl (C=O) groups is 3. The maximum atomic E-state index is 12.9. The normalized spacial score (nSPS) is 24.1. The first-order valence-corrected chi connectivity index (χ1v) is 6.51. The molecule has 0 aromatic rings. The van der Waals surface area contributed by atoms with Gasteiger partial charge in [-0.15, -0.1) is 0 Å².